The lowest BCUT2D eigenvalue weighted by Crippen LogP contribution is -1.98. The summed E-state index contributed by atoms with van der Waals surface area (Å²) in [4.78, 5) is 0. The van der Waals surface area contributed by atoms with Crippen molar-refractivity contribution in [3.8, 4) is 17.2 Å². The molecule has 0 bridgehead atoms. The Labute approximate surface area is 132 Å². The topological polar surface area (TPSA) is 52.1 Å². The van der Waals surface area contributed by atoms with Crippen LogP contribution in [0.4, 0.5) is 14.5 Å². The van der Waals surface area contributed by atoms with Crippen molar-refractivity contribution in [3.63, 3.8) is 0 Å². The third-order valence-corrected chi connectivity index (χ3v) is 3.02. The summed E-state index contributed by atoms with van der Waals surface area (Å²) >= 11 is 0. The van der Waals surface area contributed by atoms with E-state index < -0.39 is 11.6 Å². The average molecular weight is 322 g/mol. The van der Waals surface area contributed by atoms with Crippen molar-refractivity contribution in [2.24, 2.45) is 5.10 Å². The number of nitrogens with one attached hydrogen (secondary N) is 1. The molecule has 0 aliphatic heterocycles. The van der Waals surface area contributed by atoms with Gasteiger partial charge in [0.15, 0.2) is 17.3 Å². The number of hydrazone groups is 1. The molecule has 5 nitrogen and oxygen atoms in total. The minimum absolute atomic E-state index is 0.0649. The van der Waals surface area contributed by atoms with Gasteiger partial charge in [0.25, 0.3) is 0 Å². The summed E-state index contributed by atoms with van der Waals surface area (Å²) in [6, 6.07) is 6.55. The van der Waals surface area contributed by atoms with E-state index in [1.807, 2.05) is 0 Å². The van der Waals surface area contributed by atoms with Gasteiger partial charge in [-0.25, -0.2) is 8.78 Å². The number of hydrogen-bond donors (Lipinski definition) is 1. The predicted octanol–water partition coefficient (Wildman–Crippen LogP) is 3.44. The molecule has 122 valence electrons. The van der Waals surface area contributed by atoms with E-state index in [0.29, 0.717) is 22.8 Å². The van der Waals surface area contributed by atoms with Gasteiger partial charge in [0.2, 0.25) is 5.75 Å². The average Bonchev–Trinajstić information content (AvgIpc) is 2.55. The zero-order valence-electron chi connectivity index (χ0n) is 12.9. The summed E-state index contributed by atoms with van der Waals surface area (Å²) in [5.41, 5.74) is 3.22. The van der Waals surface area contributed by atoms with Crippen LogP contribution in [0.3, 0.4) is 0 Å². The molecule has 0 heterocycles. The lowest BCUT2D eigenvalue weighted by Gasteiger charge is -2.12. The van der Waals surface area contributed by atoms with E-state index in [4.69, 9.17) is 14.2 Å². The van der Waals surface area contributed by atoms with Crippen LogP contribution < -0.4 is 19.6 Å². The lowest BCUT2D eigenvalue weighted by atomic mass is 10.2. The molecule has 0 unspecified atom stereocenters. The second kappa shape index (κ2) is 7.44. The molecule has 0 radical (unpaired) electrons. The molecule has 2 aromatic carbocycles. The fourth-order valence-corrected chi connectivity index (χ4v) is 1.93. The second-order valence-corrected chi connectivity index (χ2v) is 4.45. The highest BCUT2D eigenvalue weighted by Crippen LogP contribution is 2.37. The standard InChI is InChI=1S/C16H16F2N2O3/c1-21-14-6-10(7-15(22-2)16(14)23-3)9-19-20-13-5-4-11(17)8-12(13)18/h4-9,20H,1-3H3/b19-9-. The van der Waals surface area contributed by atoms with Crippen LogP contribution in [-0.4, -0.2) is 27.5 Å². The van der Waals surface area contributed by atoms with Crippen molar-refractivity contribution < 1.29 is 23.0 Å². The van der Waals surface area contributed by atoms with E-state index in [-0.39, 0.29) is 5.69 Å². The molecule has 0 saturated heterocycles. The molecule has 0 aromatic heterocycles. The van der Waals surface area contributed by atoms with Gasteiger partial charge < -0.3 is 14.2 Å². The minimum Gasteiger partial charge on any atom is -0.493 e. The van der Waals surface area contributed by atoms with Gasteiger partial charge >= 0.3 is 0 Å². The number of hydrogen-bond acceptors (Lipinski definition) is 5. The third-order valence-electron chi connectivity index (χ3n) is 3.02. The van der Waals surface area contributed by atoms with Crippen LogP contribution in [0.1, 0.15) is 5.56 Å². The van der Waals surface area contributed by atoms with Crippen LogP contribution >= 0.6 is 0 Å². The molecular weight excluding hydrogens is 306 g/mol. The first-order valence-electron chi connectivity index (χ1n) is 6.63. The number of rotatable bonds is 6. The molecule has 1 N–H and O–H groups in total. The van der Waals surface area contributed by atoms with Crippen LogP contribution in [0.15, 0.2) is 35.4 Å². The Bertz CT molecular complexity index is 695. The van der Waals surface area contributed by atoms with Crippen LogP contribution in [0, 0.1) is 11.6 Å². The highest BCUT2D eigenvalue weighted by molar-refractivity contribution is 5.83. The van der Waals surface area contributed by atoms with Crippen molar-refractivity contribution in [2.45, 2.75) is 0 Å². The van der Waals surface area contributed by atoms with E-state index >= 15 is 0 Å². The highest BCUT2D eigenvalue weighted by atomic mass is 19.1. The summed E-state index contributed by atoms with van der Waals surface area (Å²) in [6.45, 7) is 0. The summed E-state index contributed by atoms with van der Waals surface area (Å²) in [6.07, 6.45) is 1.45. The molecule has 2 aromatic rings. The first-order chi connectivity index (χ1) is 11.1. The molecule has 0 saturated carbocycles. The molecule has 2 rings (SSSR count). The van der Waals surface area contributed by atoms with Gasteiger partial charge in [-0.15, -0.1) is 0 Å². The van der Waals surface area contributed by atoms with Gasteiger partial charge in [-0.2, -0.15) is 5.10 Å². The van der Waals surface area contributed by atoms with Crippen LogP contribution in [0.2, 0.25) is 0 Å². The first-order valence-corrected chi connectivity index (χ1v) is 6.63. The minimum atomic E-state index is -0.730. The summed E-state index contributed by atoms with van der Waals surface area (Å²) in [7, 11) is 4.52. The molecule has 0 atom stereocenters. The number of benzene rings is 2. The largest absolute Gasteiger partial charge is 0.493 e. The molecule has 0 aliphatic carbocycles. The van der Waals surface area contributed by atoms with Crippen LogP contribution in [-0.2, 0) is 0 Å². The Hall–Kier alpha value is -2.83. The van der Waals surface area contributed by atoms with E-state index in [1.165, 1.54) is 33.6 Å². The summed E-state index contributed by atoms with van der Waals surface area (Å²) < 4.78 is 42.0. The van der Waals surface area contributed by atoms with Gasteiger partial charge in [-0.3, -0.25) is 5.43 Å². The monoisotopic (exact) mass is 322 g/mol. The number of methoxy groups -OCH3 is 3. The lowest BCUT2D eigenvalue weighted by molar-refractivity contribution is 0.324. The van der Waals surface area contributed by atoms with E-state index in [2.05, 4.69) is 10.5 Å². The highest BCUT2D eigenvalue weighted by Gasteiger charge is 2.12. The third kappa shape index (κ3) is 3.88. The Balaban J connectivity index is 2.22. The summed E-state index contributed by atoms with van der Waals surface area (Å²) in [5.74, 6) is 0.0286. The Kier molecular flexibility index (Phi) is 5.35. The normalized spacial score (nSPS) is 10.7. The number of nitrogens with zero attached hydrogens (tertiary/aromatic N) is 1. The number of anilines is 1. The van der Waals surface area contributed by atoms with Gasteiger partial charge in [-0.1, -0.05) is 0 Å². The molecule has 0 amide bonds. The van der Waals surface area contributed by atoms with Crippen LogP contribution in [0.25, 0.3) is 0 Å². The maximum atomic E-state index is 13.5. The summed E-state index contributed by atoms with van der Waals surface area (Å²) in [5, 5.41) is 3.92. The molecule has 23 heavy (non-hydrogen) atoms. The zero-order valence-corrected chi connectivity index (χ0v) is 12.9. The van der Waals surface area contributed by atoms with Crippen molar-refractivity contribution in [3.05, 3.63) is 47.5 Å². The molecule has 0 fully saturated rings. The van der Waals surface area contributed by atoms with Gasteiger partial charge in [0, 0.05) is 11.6 Å². The first kappa shape index (κ1) is 16.5. The fraction of sp³-hybridized carbons (Fsp3) is 0.188. The number of ether oxygens (including phenoxy) is 3. The number of halogens is 2. The van der Waals surface area contributed by atoms with Crippen molar-refractivity contribution in [1.29, 1.82) is 0 Å². The molecule has 0 spiro atoms. The Morgan fingerprint density at radius 1 is 0.957 bits per heavy atom. The zero-order chi connectivity index (χ0) is 16.8. The SMILES string of the molecule is COc1cc(/C=N\Nc2ccc(F)cc2F)cc(OC)c1OC. The maximum absolute atomic E-state index is 13.5. The maximum Gasteiger partial charge on any atom is 0.203 e. The smallest absolute Gasteiger partial charge is 0.203 e. The van der Waals surface area contributed by atoms with Crippen LogP contribution in [0.5, 0.6) is 17.2 Å². The van der Waals surface area contributed by atoms with Crippen molar-refractivity contribution in [2.75, 3.05) is 26.8 Å². The Morgan fingerprint density at radius 3 is 2.13 bits per heavy atom. The van der Waals surface area contributed by atoms with Gasteiger partial charge in [-0.05, 0) is 24.3 Å². The van der Waals surface area contributed by atoms with E-state index in [1.54, 1.807) is 12.1 Å². The molecular formula is C16H16F2N2O3. The van der Waals surface area contributed by atoms with Crippen molar-refractivity contribution >= 4 is 11.9 Å². The van der Waals surface area contributed by atoms with E-state index in [9.17, 15) is 8.78 Å². The van der Waals surface area contributed by atoms with Gasteiger partial charge in [0.05, 0.1) is 33.2 Å². The predicted molar refractivity (Wildman–Crippen MR) is 83.7 cm³/mol. The fourth-order valence-electron chi connectivity index (χ4n) is 1.93. The Morgan fingerprint density at radius 2 is 1.61 bits per heavy atom. The molecule has 7 heteroatoms. The van der Waals surface area contributed by atoms with Crippen molar-refractivity contribution in [1.82, 2.24) is 0 Å². The van der Waals surface area contributed by atoms with E-state index in [0.717, 1.165) is 12.1 Å². The van der Waals surface area contributed by atoms with Gasteiger partial charge in [0.1, 0.15) is 5.82 Å². The quantitative estimate of drug-likeness (QED) is 0.654. The molecule has 0 aliphatic rings. The second-order valence-electron chi connectivity index (χ2n) is 4.45.